The molecule has 9 nitrogen and oxygen atoms in total. The third-order valence-electron chi connectivity index (χ3n) is 9.32. The smallest absolute Gasteiger partial charge is 0.220 e. The van der Waals surface area contributed by atoms with Crippen LogP contribution in [-0.4, -0.2) is 54.1 Å². The molecule has 3 aromatic carbocycles. The van der Waals surface area contributed by atoms with Crippen LogP contribution >= 0.6 is 23.2 Å². The van der Waals surface area contributed by atoms with Crippen LogP contribution in [0.3, 0.4) is 0 Å². The minimum atomic E-state index is 0.102. The molecule has 2 amide bonds. The third-order valence-corrected chi connectivity index (χ3v) is 10.1. The first-order chi connectivity index (χ1) is 24.4. The number of aromatic nitrogens is 2. The number of hydrogen-bond donors (Lipinski definition) is 4. The zero-order valence-electron chi connectivity index (χ0n) is 27.7. The Morgan fingerprint density at radius 2 is 1.30 bits per heavy atom. The van der Waals surface area contributed by atoms with Crippen molar-refractivity contribution >= 4 is 45.9 Å². The normalized spacial score (nSPS) is 17.3. The van der Waals surface area contributed by atoms with Crippen LogP contribution in [0.1, 0.15) is 36.8 Å². The van der Waals surface area contributed by atoms with Gasteiger partial charge in [-0.2, -0.15) is 0 Å². The highest BCUT2D eigenvalue weighted by Crippen LogP contribution is 2.42. The summed E-state index contributed by atoms with van der Waals surface area (Å²) in [5.74, 6) is 0.743. The molecule has 0 spiro atoms. The fourth-order valence-electron chi connectivity index (χ4n) is 6.67. The van der Waals surface area contributed by atoms with E-state index in [0.717, 1.165) is 69.4 Å². The molecule has 2 aliphatic heterocycles. The van der Waals surface area contributed by atoms with Crippen molar-refractivity contribution in [2.75, 3.05) is 20.2 Å². The number of benzene rings is 3. The first kappa shape index (κ1) is 33.9. The van der Waals surface area contributed by atoms with Gasteiger partial charge in [-0.15, -0.1) is 0 Å². The third kappa shape index (κ3) is 7.46. The van der Waals surface area contributed by atoms with Gasteiger partial charge in [-0.05, 0) is 42.7 Å². The Labute approximate surface area is 301 Å². The summed E-state index contributed by atoms with van der Waals surface area (Å²) >= 11 is 14.2. The predicted octanol–water partition coefficient (Wildman–Crippen LogP) is 6.68. The van der Waals surface area contributed by atoms with Gasteiger partial charge in [0.15, 0.2) is 0 Å². The number of carbonyl (C=O) groups excluding carboxylic acids is 2. The van der Waals surface area contributed by atoms with E-state index < -0.39 is 0 Å². The van der Waals surface area contributed by atoms with Gasteiger partial charge in [-0.25, -0.2) is 9.97 Å². The number of carbonyl (C=O) groups is 2. The lowest BCUT2D eigenvalue weighted by Crippen LogP contribution is -2.35. The molecular formula is C39H38Cl2N6O3. The van der Waals surface area contributed by atoms with Crippen molar-refractivity contribution in [3.63, 3.8) is 0 Å². The maximum Gasteiger partial charge on any atom is 0.220 e. The second kappa shape index (κ2) is 15.1. The number of hydrogen-bond acceptors (Lipinski definition) is 7. The van der Waals surface area contributed by atoms with Gasteiger partial charge in [-0.3, -0.25) is 9.59 Å². The van der Waals surface area contributed by atoms with Crippen molar-refractivity contribution in [3.05, 3.63) is 100 Å². The van der Waals surface area contributed by atoms with Crippen molar-refractivity contribution in [3.8, 4) is 39.5 Å². The topological polar surface area (TPSA) is 117 Å². The molecule has 50 heavy (non-hydrogen) atoms. The summed E-state index contributed by atoms with van der Waals surface area (Å²) in [5.41, 5.74) is 7.55. The zero-order valence-corrected chi connectivity index (χ0v) is 29.2. The minimum absolute atomic E-state index is 0.102. The van der Waals surface area contributed by atoms with Gasteiger partial charge in [0, 0.05) is 84.3 Å². The average Bonchev–Trinajstić information content (AvgIpc) is 3.75. The first-order valence-electron chi connectivity index (χ1n) is 16.9. The highest BCUT2D eigenvalue weighted by molar-refractivity contribution is 6.39. The summed E-state index contributed by atoms with van der Waals surface area (Å²) in [6, 6.07) is 26.3. The quantitative estimate of drug-likeness (QED) is 0.114. The number of rotatable bonds is 12. The molecule has 0 aliphatic carbocycles. The Hall–Kier alpha value is -4.54. The van der Waals surface area contributed by atoms with Crippen molar-refractivity contribution in [1.29, 1.82) is 0 Å². The van der Waals surface area contributed by atoms with Crippen LogP contribution in [0, 0.1) is 0 Å². The zero-order chi connectivity index (χ0) is 34.6. The first-order valence-corrected chi connectivity index (χ1v) is 17.6. The molecule has 2 atom stereocenters. The van der Waals surface area contributed by atoms with Crippen molar-refractivity contribution in [2.45, 2.75) is 50.9 Å². The Kier molecular flexibility index (Phi) is 10.3. The lowest BCUT2D eigenvalue weighted by atomic mass is 9.98. The molecule has 4 heterocycles. The van der Waals surface area contributed by atoms with Gasteiger partial charge in [-0.1, -0.05) is 77.8 Å². The Morgan fingerprint density at radius 1 is 0.720 bits per heavy atom. The van der Waals surface area contributed by atoms with Crippen molar-refractivity contribution < 1.29 is 14.3 Å². The van der Waals surface area contributed by atoms with E-state index in [-0.39, 0.29) is 23.9 Å². The summed E-state index contributed by atoms with van der Waals surface area (Å²) in [5, 5.41) is 15.0. The maximum absolute atomic E-state index is 11.5. The second-order valence-corrected chi connectivity index (χ2v) is 13.5. The van der Waals surface area contributed by atoms with E-state index in [4.69, 9.17) is 37.9 Å². The average molecular weight is 710 g/mol. The molecule has 2 aliphatic rings. The molecule has 4 N–H and O–H groups in total. The molecule has 2 saturated heterocycles. The van der Waals surface area contributed by atoms with Crippen LogP contribution in [0.4, 0.5) is 0 Å². The highest BCUT2D eigenvalue weighted by Gasteiger charge is 2.22. The summed E-state index contributed by atoms with van der Waals surface area (Å²) in [4.78, 5) is 32.7. The van der Waals surface area contributed by atoms with Crippen molar-refractivity contribution in [1.82, 2.24) is 31.2 Å². The Balaban J connectivity index is 1.08. The van der Waals surface area contributed by atoms with Gasteiger partial charge >= 0.3 is 0 Å². The van der Waals surface area contributed by atoms with E-state index in [1.807, 2.05) is 60.7 Å². The fraction of sp³-hybridized carbons (Fsp3) is 0.282. The number of pyridine rings is 2. The van der Waals surface area contributed by atoms with Gasteiger partial charge < -0.3 is 26.0 Å². The van der Waals surface area contributed by atoms with E-state index in [1.54, 1.807) is 7.11 Å². The largest absolute Gasteiger partial charge is 0.481 e. The lowest BCUT2D eigenvalue weighted by molar-refractivity contribution is -0.120. The van der Waals surface area contributed by atoms with Crippen LogP contribution in [-0.2, 0) is 22.7 Å². The SMILES string of the molecule is COc1nc(-c2cccc(-c3cccc(-c4ccc5cc(CNC[C@H]6CCC(=O)N6)ccc5n4)c3Cl)c2Cl)ccc1CNC[C@@H]1CCC(=O)N1. The van der Waals surface area contributed by atoms with E-state index in [2.05, 4.69) is 39.5 Å². The number of nitrogens with zero attached hydrogens (tertiary/aromatic N) is 2. The van der Waals surface area contributed by atoms with Gasteiger partial charge in [0.05, 0.1) is 34.1 Å². The minimum Gasteiger partial charge on any atom is -0.481 e. The number of amides is 2. The Morgan fingerprint density at radius 3 is 1.90 bits per heavy atom. The Bertz CT molecular complexity index is 2070. The molecule has 0 unspecified atom stereocenters. The summed E-state index contributed by atoms with van der Waals surface area (Å²) < 4.78 is 5.65. The molecule has 256 valence electrons. The number of nitrogens with one attached hydrogen (secondary N) is 4. The van der Waals surface area contributed by atoms with Crippen molar-refractivity contribution in [2.24, 2.45) is 0 Å². The van der Waals surface area contributed by atoms with E-state index in [9.17, 15) is 9.59 Å². The standard InChI is InChI=1S/C39H38Cl2N6O3/c1-50-39-25(20-43-22-27-12-17-36(49)45-27)10-15-34(47-39)31-7-3-5-29(38(31)41)28-4-2-6-30(37(28)40)33-14-9-24-18-23(8-13-32(24)46-33)19-42-21-26-11-16-35(48)44-26/h2-10,13-15,18,26-27,42-43H,11-12,16-17,19-22H2,1H3,(H,44,48)(H,45,49)/t26-,27+/m1/s1. The van der Waals surface area contributed by atoms with Crippen LogP contribution in [0.25, 0.3) is 44.5 Å². The predicted molar refractivity (Wildman–Crippen MR) is 198 cm³/mol. The molecule has 5 aromatic rings. The van der Waals surface area contributed by atoms with E-state index in [1.165, 1.54) is 0 Å². The van der Waals surface area contributed by atoms with E-state index in [0.29, 0.717) is 54.1 Å². The molecule has 0 bridgehead atoms. The van der Waals surface area contributed by atoms with Gasteiger partial charge in [0.1, 0.15) is 0 Å². The molecule has 11 heteroatoms. The number of halogens is 2. The monoisotopic (exact) mass is 708 g/mol. The molecule has 0 radical (unpaired) electrons. The lowest BCUT2D eigenvalue weighted by Gasteiger charge is -2.16. The number of methoxy groups -OCH3 is 1. The molecule has 7 rings (SSSR count). The maximum atomic E-state index is 11.5. The summed E-state index contributed by atoms with van der Waals surface area (Å²) in [6.45, 7) is 2.70. The van der Waals surface area contributed by atoms with Gasteiger partial charge in [0.2, 0.25) is 17.7 Å². The summed E-state index contributed by atoms with van der Waals surface area (Å²) in [6.07, 6.45) is 2.90. The van der Waals surface area contributed by atoms with E-state index >= 15 is 0 Å². The highest BCUT2D eigenvalue weighted by atomic mass is 35.5. The number of ether oxygens (including phenoxy) is 1. The number of fused-ring (bicyclic) bond motifs is 1. The van der Waals surface area contributed by atoms with Crippen LogP contribution in [0.5, 0.6) is 5.88 Å². The van der Waals surface area contributed by atoms with Crippen LogP contribution in [0.15, 0.2) is 78.9 Å². The van der Waals surface area contributed by atoms with Crippen LogP contribution < -0.4 is 26.0 Å². The molecule has 2 fully saturated rings. The molecule has 0 saturated carbocycles. The second-order valence-electron chi connectivity index (χ2n) is 12.8. The summed E-state index contributed by atoms with van der Waals surface area (Å²) in [7, 11) is 1.61. The fourth-order valence-corrected chi connectivity index (χ4v) is 7.32. The molecular weight excluding hydrogens is 671 g/mol. The molecule has 2 aromatic heterocycles. The van der Waals surface area contributed by atoms with Gasteiger partial charge in [0.25, 0.3) is 0 Å². The van der Waals surface area contributed by atoms with Crippen LogP contribution in [0.2, 0.25) is 10.0 Å².